The third-order valence-electron chi connectivity index (χ3n) is 4.97. The van der Waals surface area contributed by atoms with Crippen LogP contribution in [0.3, 0.4) is 0 Å². The molecule has 0 aliphatic rings. The van der Waals surface area contributed by atoms with Gasteiger partial charge < -0.3 is 5.32 Å². The van der Waals surface area contributed by atoms with Gasteiger partial charge in [0, 0.05) is 24.4 Å². The molecule has 1 aromatic heterocycles. The zero-order valence-electron chi connectivity index (χ0n) is 16.4. The van der Waals surface area contributed by atoms with Gasteiger partial charge in [0.2, 0.25) is 0 Å². The standard InChI is InChI=1S/C21H26ClF2N3O/c1-4-9-21(10-5-2,15-11-25-19(18(23)24)26-12-15)13-27-20(28)17-14(3)7-6-8-16(17)22/h6-8,11-12,18H,4-5,9-10,13H2,1-3H3,(H,27,28). The van der Waals surface area contributed by atoms with Gasteiger partial charge in [-0.15, -0.1) is 0 Å². The van der Waals surface area contributed by atoms with E-state index in [2.05, 4.69) is 29.1 Å². The monoisotopic (exact) mass is 409 g/mol. The largest absolute Gasteiger partial charge is 0.351 e. The van der Waals surface area contributed by atoms with Crippen molar-refractivity contribution in [1.82, 2.24) is 15.3 Å². The summed E-state index contributed by atoms with van der Waals surface area (Å²) >= 11 is 6.21. The van der Waals surface area contributed by atoms with Gasteiger partial charge in [0.1, 0.15) is 0 Å². The second-order valence-corrected chi connectivity index (χ2v) is 7.43. The molecule has 1 aromatic carbocycles. The quantitative estimate of drug-likeness (QED) is 0.582. The third kappa shape index (κ3) is 5.04. The van der Waals surface area contributed by atoms with Gasteiger partial charge in [0.25, 0.3) is 12.3 Å². The van der Waals surface area contributed by atoms with Crippen LogP contribution in [-0.2, 0) is 5.41 Å². The normalized spacial score (nSPS) is 11.7. The Bertz CT molecular complexity index is 770. The molecule has 0 unspecified atom stereocenters. The summed E-state index contributed by atoms with van der Waals surface area (Å²) in [5.41, 5.74) is 1.59. The summed E-state index contributed by atoms with van der Waals surface area (Å²) in [6.07, 6.45) is 3.53. The average molecular weight is 410 g/mol. The van der Waals surface area contributed by atoms with E-state index >= 15 is 0 Å². The molecule has 0 saturated heterocycles. The maximum atomic E-state index is 12.8. The molecule has 7 heteroatoms. The topological polar surface area (TPSA) is 54.9 Å². The van der Waals surface area contributed by atoms with Crippen LogP contribution in [0.1, 0.15) is 73.3 Å². The minimum atomic E-state index is -2.70. The van der Waals surface area contributed by atoms with Gasteiger partial charge in [-0.1, -0.05) is 50.4 Å². The lowest BCUT2D eigenvalue weighted by Gasteiger charge is -2.34. The summed E-state index contributed by atoms with van der Waals surface area (Å²) in [5, 5.41) is 3.40. The van der Waals surface area contributed by atoms with Crippen molar-refractivity contribution < 1.29 is 13.6 Å². The number of benzene rings is 1. The first-order valence-corrected chi connectivity index (χ1v) is 9.86. The summed E-state index contributed by atoms with van der Waals surface area (Å²) in [6, 6.07) is 5.32. The van der Waals surface area contributed by atoms with Crippen LogP contribution in [-0.4, -0.2) is 22.4 Å². The molecule has 0 aliphatic heterocycles. The number of aryl methyl sites for hydroxylation is 1. The van der Waals surface area contributed by atoms with Crippen LogP contribution in [0.15, 0.2) is 30.6 Å². The number of hydrogen-bond donors (Lipinski definition) is 1. The lowest BCUT2D eigenvalue weighted by atomic mass is 9.74. The molecular formula is C21H26ClF2N3O. The summed E-state index contributed by atoms with van der Waals surface area (Å²) in [7, 11) is 0. The fourth-order valence-electron chi connectivity index (χ4n) is 3.63. The number of nitrogens with one attached hydrogen (secondary N) is 1. The van der Waals surface area contributed by atoms with Crippen molar-refractivity contribution in [3.63, 3.8) is 0 Å². The summed E-state index contributed by atoms with van der Waals surface area (Å²) < 4.78 is 25.6. The van der Waals surface area contributed by atoms with Crippen molar-refractivity contribution in [3.8, 4) is 0 Å². The van der Waals surface area contributed by atoms with Gasteiger partial charge in [-0.2, -0.15) is 0 Å². The van der Waals surface area contributed by atoms with Crippen molar-refractivity contribution >= 4 is 17.5 Å². The van der Waals surface area contributed by atoms with Crippen molar-refractivity contribution in [3.05, 3.63) is 58.1 Å². The van der Waals surface area contributed by atoms with E-state index < -0.39 is 17.7 Å². The summed E-state index contributed by atoms with van der Waals surface area (Å²) in [6.45, 7) is 6.30. The van der Waals surface area contributed by atoms with E-state index in [1.54, 1.807) is 12.1 Å². The van der Waals surface area contributed by atoms with Crippen molar-refractivity contribution in [2.45, 2.75) is 58.3 Å². The highest BCUT2D eigenvalue weighted by atomic mass is 35.5. The molecule has 2 rings (SSSR count). The van der Waals surface area contributed by atoms with Crippen molar-refractivity contribution in [2.75, 3.05) is 6.54 Å². The van der Waals surface area contributed by atoms with Gasteiger partial charge >= 0.3 is 0 Å². The molecule has 0 fully saturated rings. The van der Waals surface area contributed by atoms with Gasteiger partial charge in [-0.3, -0.25) is 4.79 Å². The Morgan fingerprint density at radius 3 is 2.29 bits per heavy atom. The zero-order valence-corrected chi connectivity index (χ0v) is 17.2. The van der Waals surface area contributed by atoms with Crippen LogP contribution < -0.4 is 5.32 Å². The molecule has 1 amide bonds. The molecule has 0 aliphatic carbocycles. The number of carbonyl (C=O) groups is 1. The molecule has 0 atom stereocenters. The first-order chi connectivity index (χ1) is 13.3. The number of nitrogens with zero attached hydrogens (tertiary/aromatic N) is 2. The minimum Gasteiger partial charge on any atom is -0.351 e. The third-order valence-corrected chi connectivity index (χ3v) is 5.29. The molecule has 28 heavy (non-hydrogen) atoms. The Labute approximate surface area is 169 Å². The average Bonchev–Trinajstić information content (AvgIpc) is 2.66. The molecular weight excluding hydrogens is 384 g/mol. The van der Waals surface area contributed by atoms with Gasteiger partial charge in [-0.05, 0) is 37.0 Å². The van der Waals surface area contributed by atoms with Crippen molar-refractivity contribution in [1.29, 1.82) is 0 Å². The van der Waals surface area contributed by atoms with E-state index in [1.807, 2.05) is 13.0 Å². The lowest BCUT2D eigenvalue weighted by molar-refractivity contribution is 0.0939. The Morgan fingerprint density at radius 1 is 1.18 bits per heavy atom. The molecule has 1 heterocycles. The summed E-state index contributed by atoms with van der Waals surface area (Å²) in [5.74, 6) is -0.730. The molecule has 0 radical (unpaired) electrons. The van der Waals surface area contributed by atoms with Crippen LogP contribution in [0.2, 0.25) is 5.02 Å². The molecule has 0 spiro atoms. The molecule has 4 nitrogen and oxygen atoms in total. The Kier molecular flexibility index (Phi) is 7.87. The first kappa shape index (κ1) is 22.2. The highest BCUT2D eigenvalue weighted by molar-refractivity contribution is 6.34. The number of rotatable bonds is 9. The van der Waals surface area contributed by atoms with Gasteiger partial charge in [0.15, 0.2) is 5.82 Å². The molecule has 2 aromatic rings. The number of halogens is 3. The van der Waals surface area contributed by atoms with Gasteiger partial charge in [0.05, 0.1) is 10.6 Å². The lowest BCUT2D eigenvalue weighted by Crippen LogP contribution is -2.41. The second kappa shape index (κ2) is 9.92. The number of alkyl halides is 2. The number of hydrogen-bond acceptors (Lipinski definition) is 3. The Balaban J connectivity index is 2.31. The fourth-order valence-corrected chi connectivity index (χ4v) is 3.94. The molecule has 1 N–H and O–H groups in total. The SMILES string of the molecule is CCCC(CCC)(CNC(=O)c1c(C)cccc1Cl)c1cnc(C(F)F)nc1. The highest BCUT2D eigenvalue weighted by Crippen LogP contribution is 2.34. The van der Waals surface area contributed by atoms with Crippen molar-refractivity contribution in [2.24, 2.45) is 0 Å². The molecule has 0 saturated carbocycles. The van der Waals surface area contributed by atoms with Crippen LogP contribution in [0.4, 0.5) is 8.78 Å². The predicted octanol–water partition coefficient (Wildman–Crippen LogP) is 5.64. The summed E-state index contributed by atoms with van der Waals surface area (Å²) in [4.78, 5) is 20.4. The molecule has 0 bridgehead atoms. The Hall–Kier alpha value is -2.08. The van der Waals surface area contributed by atoms with E-state index in [0.717, 1.165) is 36.8 Å². The fraction of sp³-hybridized carbons (Fsp3) is 0.476. The number of carbonyl (C=O) groups excluding carboxylic acids is 1. The maximum absolute atomic E-state index is 12.8. The highest BCUT2D eigenvalue weighted by Gasteiger charge is 2.32. The van der Waals surface area contributed by atoms with Gasteiger partial charge in [-0.25, -0.2) is 18.7 Å². The van der Waals surface area contributed by atoms with E-state index in [0.29, 0.717) is 17.1 Å². The predicted molar refractivity (Wildman–Crippen MR) is 107 cm³/mol. The Morgan fingerprint density at radius 2 is 1.79 bits per heavy atom. The first-order valence-electron chi connectivity index (χ1n) is 9.48. The van der Waals surface area contributed by atoms with E-state index in [-0.39, 0.29) is 5.91 Å². The number of aromatic nitrogens is 2. The second-order valence-electron chi connectivity index (χ2n) is 7.03. The van der Waals surface area contributed by atoms with E-state index in [9.17, 15) is 13.6 Å². The van der Waals surface area contributed by atoms with Crippen LogP contribution in [0.25, 0.3) is 0 Å². The maximum Gasteiger partial charge on any atom is 0.297 e. The van der Waals surface area contributed by atoms with Crippen LogP contribution in [0.5, 0.6) is 0 Å². The van der Waals surface area contributed by atoms with E-state index in [4.69, 9.17) is 11.6 Å². The number of amides is 1. The smallest absolute Gasteiger partial charge is 0.297 e. The zero-order chi connectivity index (χ0) is 20.7. The minimum absolute atomic E-state index is 0.246. The molecule has 152 valence electrons. The van der Waals surface area contributed by atoms with E-state index in [1.165, 1.54) is 12.4 Å². The van der Waals surface area contributed by atoms with Crippen LogP contribution >= 0.6 is 11.6 Å². The van der Waals surface area contributed by atoms with Crippen LogP contribution in [0, 0.1) is 6.92 Å².